The van der Waals surface area contributed by atoms with E-state index in [1.54, 1.807) is 30.3 Å². The van der Waals surface area contributed by atoms with E-state index in [-0.39, 0.29) is 5.82 Å². The average molecular weight is 430 g/mol. The Labute approximate surface area is 180 Å². The van der Waals surface area contributed by atoms with Gasteiger partial charge in [0.15, 0.2) is 0 Å². The van der Waals surface area contributed by atoms with Gasteiger partial charge in [-0.2, -0.15) is 0 Å². The normalized spacial score (nSPS) is 14.1. The molecule has 0 aliphatic carbocycles. The fourth-order valence-electron chi connectivity index (χ4n) is 3.38. The van der Waals surface area contributed by atoms with Gasteiger partial charge in [-0.05, 0) is 36.4 Å². The van der Waals surface area contributed by atoms with E-state index in [4.69, 9.17) is 9.47 Å². The Morgan fingerprint density at radius 1 is 0.968 bits per heavy atom. The predicted octanol–water partition coefficient (Wildman–Crippen LogP) is 1.72. The van der Waals surface area contributed by atoms with Crippen LogP contribution < -0.4 is 25.0 Å². The quantitative estimate of drug-likeness (QED) is 0.651. The van der Waals surface area contributed by atoms with Crippen LogP contribution in [0.25, 0.3) is 0 Å². The lowest BCUT2D eigenvalue weighted by molar-refractivity contribution is -0.136. The number of carbonyl (C=O) groups excluding carboxylic acids is 2. The average Bonchev–Trinajstić information content (AvgIpc) is 2.80. The highest BCUT2D eigenvalue weighted by Gasteiger charge is 2.19. The van der Waals surface area contributed by atoms with Gasteiger partial charge in [0, 0.05) is 51.0 Å². The minimum Gasteiger partial charge on any atom is -0.497 e. The molecular weight excluding hydrogens is 403 g/mol. The van der Waals surface area contributed by atoms with Crippen molar-refractivity contribution in [1.82, 2.24) is 10.2 Å². The monoisotopic (exact) mass is 430 g/mol. The molecule has 0 bridgehead atoms. The first-order chi connectivity index (χ1) is 15.0. The number of nitrogens with one attached hydrogen (secondary N) is 2. The number of halogens is 1. The number of hydrogen-bond acceptors (Lipinski definition) is 6. The molecule has 0 atom stereocenters. The Balaban J connectivity index is 1.41. The number of nitrogens with zero attached hydrogens (tertiary/aromatic N) is 2. The summed E-state index contributed by atoms with van der Waals surface area (Å²) in [6, 6.07) is 11.4. The topological polar surface area (TPSA) is 83.1 Å². The molecule has 2 aromatic rings. The summed E-state index contributed by atoms with van der Waals surface area (Å²) in [6.45, 7) is 4.27. The van der Waals surface area contributed by atoms with E-state index in [0.717, 1.165) is 31.9 Å². The van der Waals surface area contributed by atoms with Gasteiger partial charge in [0.05, 0.1) is 19.9 Å². The molecule has 9 heteroatoms. The lowest BCUT2D eigenvalue weighted by Crippen LogP contribution is -2.49. The van der Waals surface area contributed by atoms with Crippen LogP contribution in [0.5, 0.6) is 11.5 Å². The fourth-order valence-corrected chi connectivity index (χ4v) is 3.38. The molecule has 3 rings (SSSR count). The molecule has 1 aliphatic rings. The zero-order valence-electron chi connectivity index (χ0n) is 17.7. The molecule has 166 valence electrons. The van der Waals surface area contributed by atoms with Gasteiger partial charge >= 0.3 is 11.8 Å². The van der Waals surface area contributed by atoms with Crippen molar-refractivity contribution in [3.8, 4) is 11.5 Å². The summed E-state index contributed by atoms with van der Waals surface area (Å²) in [5.74, 6) is -0.758. The molecule has 2 amide bonds. The maximum absolute atomic E-state index is 13.1. The molecule has 0 saturated carbocycles. The number of methoxy groups -OCH3 is 2. The van der Waals surface area contributed by atoms with Crippen molar-refractivity contribution in [2.45, 2.75) is 0 Å². The second-order valence-electron chi connectivity index (χ2n) is 7.08. The van der Waals surface area contributed by atoms with Crippen LogP contribution in [0.1, 0.15) is 0 Å². The number of benzene rings is 2. The smallest absolute Gasteiger partial charge is 0.313 e. The van der Waals surface area contributed by atoms with Crippen molar-refractivity contribution >= 4 is 23.2 Å². The van der Waals surface area contributed by atoms with Gasteiger partial charge in [0.1, 0.15) is 17.3 Å². The van der Waals surface area contributed by atoms with Crippen molar-refractivity contribution in [2.75, 3.05) is 63.7 Å². The third kappa shape index (κ3) is 6.08. The lowest BCUT2D eigenvalue weighted by Gasteiger charge is -2.36. The summed E-state index contributed by atoms with van der Waals surface area (Å²) in [6.07, 6.45) is 0. The van der Waals surface area contributed by atoms with Gasteiger partial charge in [-0.15, -0.1) is 0 Å². The van der Waals surface area contributed by atoms with E-state index in [1.807, 2.05) is 0 Å². The van der Waals surface area contributed by atoms with Gasteiger partial charge in [-0.25, -0.2) is 4.39 Å². The molecule has 1 heterocycles. The van der Waals surface area contributed by atoms with Crippen LogP contribution in [-0.4, -0.2) is 70.2 Å². The molecule has 8 nitrogen and oxygen atoms in total. The molecule has 0 aromatic heterocycles. The van der Waals surface area contributed by atoms with Crippen molar-refractivity contribution in [2.24, 2.45) is 0 Å². The second-order valence-corrected chi connectivity index (χ2v) is 7.08. The molecule has 1 saturated heterocycles. The summed E-state index contributed by atoms with van der Waals surface area (Å²) in [5, 5.41) is 5.19. The van der Waals surface area contributed by atoms with Crippen molar-refractivity contribution < 1.29 is 23.5 Å². The van der Waals surface area contributed by atoms with Crippen LogP contribution >= 0.6 is 0 Å². The standard InChI is InChI=1S/C22H27FN4O4/c1-30-18-7-8-20(31-2)19(15-18)25-22(29)21(28)24-9-10-26-11-13-27(14-12-26)17-5-3-16(23)4-6-17/h3-8,15H,9-14H2,1-2H3,(H,24,28)(H,25,29). The number of hydrogen-bond donors (Lipinski definition) is 2. The van der Waals surface area contributed by atoms with E-state index in [1.165, 1.54) is 26.4 Å². The number of carbonyl (C=O) groups is 2. The maximum Gasteiger partial charge on any atom is 0.313 e. The van der Waals surface area contributed by atoms with E-state index in [0.29, 0.717) is 30.3 Å². The Morgan fingerprint density at radius 2 is 1.68 bits per heavy atom. The van der Waals surface area contributed by atoms with Gasteiger partial charge in [-0.3, -0.25) is 14.5 Å². The fraction of sp³-hybridized carbons (Fsp3) is 0.364. The zero-order chi connectivity index (χ0) is 22.2. The highest BCUT2D eigenvalue weighted by Crippen LogP contribution is 2.28. The van der Waals surface area contributed by atoms with Gasteiger partial charge < -0.3 is 25.0 Å². The SMILES string of the molecule is COc1ccc(OC)c(NC(=O)C(=O)NCCN2CCN(c3ccc(F)cc3)CC2)c1. The van der Waals surface area contributed by atoms with Gasteiger partial charge in [0.25, 0.3) is 0 Å². The first-order valence-electron chi connectivity index (χ1n) is 10.0. The van der Waals surface area contributed by atoms with Crippen molar-refractivity contribution in [3.05, 3.63) is 48.3 Å². The number of ether oxygens (including phenoxy) is 2. The Bertz CT molecular complexity index is 899. The Morgan fingerprint density at radius 3 is 2.32 bits per heavy atom. The number of anilines is 2. The van der Waals surface area contributed by atoms with Crippen molar-refractivity contribution in [3.63, 3.8) is 0 Å². The van der Waals surface area contributed by atoms with Crippen molar-refractivity contribution in [1.29, 1.82) is 0 Å². The number of amides is 2. The Hall–Kier alpha value is -3.33. The van der Waals surface area contributed by atoms with Gasteiger partial charge in [-0.1, -0.05) is 0 Å². The summed E-state index contributed by atoms with van der Waals surface area (Å²) >= 11 is 0. The van der Waals surface area contributed by atoms with Crippen LogP contribution in [-0.2, 0) is 9.59 Å². The first kappa shape index (κ1) is 22.4. The minimum absolute atomic E-state index is 0.244. The van der Waals surface area contributed by atoms with Crippen LogP contribution in [0.4, 0.5) is 15.8 Å². The lowest BCUT2D eigenvalue weighted by atomic mass is 10.2. The number of piperazine rings is 1. The van der Waals surface area contributed by atoms with Gasteiger partial charge in [0.2, 0.25) is 0 Å². The molecule has 0 radical (unpaired) electrons. The molecule has 2 aromatic carbocycles. The van der Waals surface area contributed by atoms with Crippen LogP contribution in [0.3, 0.4) is 0 Å². The molecule has 2 N–H and O–H groups in total. The third-order valence-electron chi connectivity index (χ3n) is 5.14. The highest BCUT2D eigenvalue weighted by molar-refractivity contribution is 6.39. The predicted molar refractivity (Wildman–Crippen MR) is 116 cm³/mol. The largest absolute Gasteiger partial charge is 0.497 e. The summed E-state index contributed by atoms with van der Waals surface area (Å²) in [7, 11) is 2.99. The molecule has 0 unspecified atom stereocenters. The maximum atomic E-state index is 13.1. The summed E-state index contributed by atoms with van der Waals surface area (Å²) in [5.41, 5.74) is 1.36. The highest BCUT2D eigenvalue weighted by atomic mass is 19.1. The minimum atomic E-state index is -0.771. The third-order valence-corrected chi connectivity index (χ3v) is 5.14. The second kappa shape index (κ2) is 10.6. The molecule has 1 aliphatic heterocycles. The summed E-state index contributed by atoms with van der Waals surface area (Å²) in [4.78, 5) is 28.8. The molecule has 0 spiro atoms. The van der Waals surface area contributed by atoms with E-state index >= 15 is 0 Å². The van der Waals surface area contributed by atoms with Crippen LogP contribution in [0, 0.1) is 5.82 Å². The summed E-state index contributed by atoms with van der Waals surface area (Å²) < 4.78 is 23.4. The number of rotatable bonds is 7. The molecule has 31 heavy (non-hydrogen) atoms. The Kier molecular flexibility index (Phi) is 7.66. The molecule has 1 fully saturated rings. The van der Waals surface area contributed by atoms with E-state index in [2.05, 4.69) is 20.4 Å². The van der Waals surface area contributed by atoms with Crippen LogP contribution in [0.15, 0.2) is 42.5 Å². The first-order valence-corrected chi connectivity index (χ1v) is 10.0. The molecular formula is C22H27FN4O4. The van der Waals surface area contributed by atoms with E-state index < -0.39 is 11.8 Å². The zero-order valence-corrected chi connectivity index (χ0v) is 17.7. The van der Waals surface area contributed by atoms with Crippen LogP contribution in [0.2, 0.25) is 0 Å². The van der Waals surface area contributed by atoms with E-state index in [9.17, 15) is 14.0 Å².